The molecular formula is C8H10O2. The zero-order valence-electron chi connectivity index (χ0n) is 5.96. The van der Waals surface area contributed by atoms with E-state index in [9.17, 15) is 4.79 Å². The molecule has 1 rings (SSSR count). The van der Waals surface area contributed by atoms with E-state index in [2.05, 4.69) is 0 Å². The van der Waals surface area contributed by atoms with Crippen LogP contribution in [0.5, 0.6) is 0 Å². The minimum absolute atomic E-state index is 0.0203. The van der Waals surface area contributed by atoms with Gasteiger partial charge in [-0.25, -0.2) is 0 Å². The van der Waals surface area contributed by atoms with Crippen LogP contribution in [-0.4, -0.2) is 12.4 Å². The maximum Gasteiger partial charge on any atom is 0.219 e. The Balaban J connectivity index is 2.57. The predicted molar refractivity (Wildman–Crippen MR) is 38.5 cm³/mol. The number of hydrogen-bond donors (Lipinski definition) is 0. The van der Waals surface area contributed by atoms with E-state index < -0.39 is 0 Å². The molecule has 0 fully saturated rings. The summed E-state index contributed by atoms with van der Waals surface area (Å²) in [7, 11) is 0. The van der Waals surface area contributed by atoms with Crippen LogP contribution < -0.4 is 0 Å². The van der Waals surface area contributed by atoms with Gasteiger partial charge in [0.25, 0.3) is 0 Å². The Labute approximate surface area is 60.2 Å². The SMILES string of the molecule is CCOC1=CCC=CC1=O. The van der Waals surface area contributed by atoms with Crippen molar-refractivity contribution >= 4 is 5.78 Å². The smallest absolute Gasteiger partial charge is 0.219 e. The summed E-state index contributed by atoms with van der Waals surface area (Å²) in [4.78, 5) is 10.9. The average Bonchev–Trinajstić information content (AvgIpc) is 1.94. The van der Waals surface area contributed by atoms with Crippen molar-refractivity contribution in [2.24, 2.45) is 0 Å². The number of carbonyl (C=O) groups is 1. The summed E-state index contributed by atoms with van der Waals surface area (Å²) in [5.41, 5.74) is 0. The summed E-state index contributed by atoms with van der Waals surface area (Å²) in [6.45, 7) is 2.43. The standard InChI is InChI=1S/C8H10O2/c1-2-10-8-6-4-3-5-7(8)9/h3,5-6H,2,4H2,1H3. The van der Waals surface area contributed by atoms with Crippen molar-refractivity contribution in [3.05, 3.63) is 24.0 Å². The average molecular weight is 138 g/mol. The van der Waals surface area contributed by atoms with Crippen LogP contribution >= 0.6 is 0 Å². The van der Waals surface area contributed by atoms with Gasteiger partial charge < -0.3 is 4.74 Å². The topological polar surface area (TPSA) is 26.3 Å². The Bertz CT molecular complexity index is 189. The first-order valence-electron chi connectivity index (χ1n) is 3.38. The van der Waals surface area contributed by atoms with E-state index in [-0.39, 0.29) is 5.78 Å². The highest BCUT2D eigenvalue weighted by atomic mass is 16.5. The van der Waals surface area contributed by atoms with Crippen molar-refractivity contribution in [3.8, 4) is 0 Å². The Morgan fingerprint density at radius 2 is 2.50 bits per heavy atom. The molecule has 0 spiro atoms. The van der Waals surface area contributed by atoms with Crippen molar-refractivity contribution in [1.29, 1.82) is 0 Å². The predicted octanol–water partition coefficient (Wildman–Crippen LogP) is 1.44. The summed E-state index contributed by atoms with van der Waals surface area (Å²) in [6.07, 6.45) is 5.97. The van der Waals surface area contributed by atoms with Gasteiger partial charge in [0.15, 0.2) is 5.76 Å². The molecule has 2 heteroatoms. The quantitative estimate of drug-likeness (QED) is 0.577. The highest BCUT2D eigenvalue weighted by molar-refractivity contribution is 6.03. The summed E-state index contributed by atoms with van der Waals surface area (Å²) >= 11 is 0. The first kappa shape index (κ1) is 7.06. The summed E-state index contributed by atoms with van der Waals surface area (Å²) in [5.74, 6) is 0.470. The molecule has 0 radical (unpaired) electrons. The highest BCUT2D eigenvalue weighted by Gasteiger charge is 2.08. The van der Waals surface area contributed by atoms with E-state index in [1.807, 2.05) is 13.0 Å². The molecule has 0 unspecified atom stereocenters. The first-order chi connectivity index (χ1) is 4.84. The fourth-order valence-corrected chi connectivity index (χ4v) is 0.818. The van der Waals surface area contributed by atoms with Gasteiger partial charge in [-0.15, -0.1) is 0 Å². The Hall–Kier alpha value is -1.05. The molecule has 2 nitrogen and oxygen atoms in total. The van der Waals surface area contributed by atoms with Gasteiger partial charge in [0.1, 0.15) is 0 Å². The van der Waals surface area contributed by atoms with Crippen molar-refractivity contribution in [3.63, 3.8) is 0 Å². The van der Waals surface area contributed by atoms with E-state index in [0.29, 0.717) is 12.4 Å². The molecule has 1 aliphatic carbocycles. The van der Waals surface area contributed by atoms with Crippen LogP contribution in [-0.2, 0) is 9.53 Å². The number of ether oxygens (including phenoxy) is 1. The maximum atomic E-state index is 10.9. The van der Waals surface area contributed by atoms with Crippen LogP contribution in [0.1, 0.15) is 13.3 Å². The molecule has 0 saturated carbocycles. The Morgan fingerprint density at radius 1 is 1.70 bits per heavy atom. The number of allylic oxidation sites excluding steroid dienone is 3. The van der Waals surface area contributed by atoms with Crippen molar-refractivity contribution in [2.75, 3.05) is 6.61 Å². The molecule has 0 heterocycles. The minimum atomic E-state index is -0.0203. The van der Waals surface area contributed by atoms with Crippen LogP contribution in [0.3, 0.4) is 0 Å². The molecule has 54 valence electrons. The largest absolute Gasteiger partial charge is 0.490 e. The summed E-state index contributed by atoms with van der Waals surface area (Å²) < 4.78 is 5.06. The molecule has 0 saturated heterocycles. The molecule has 0 aromatic carbocycles. The van der Waals surface area contributed by atoms with E-state index in [0.717, 1.165) is 6.42 Å². The lowest BCUT2D eigenvalue weighted by Gasteiger charge is -2.06. The van der Waals surface area contributed by atoms with Gasteiger partial charge in [0.05, 0.1) is 6.61 Å². The van der Waals surface area contributed by atoms with Crippen molar-refractivity contribution < 1.29 is 9.53 Å². The number of ketones is 1. The van der Waals surface area contributed by atoms with Crippen molar-refractivity contribution in [1.82, 2.24) is 0 Å². The molecular weight excluding hydrogens is 128 g/mol. The van der Waals surface area contributed by atoms with Gasteiger partial charge in [0.2, 0.25) is 5.78 Å². The van der Waals surface area contributed by atoms with Crippen LogP contribution in [0.15, 0.2) is 24.0 Å². The van der Waals surface area contributed by atoms with Gasteiger partial charge in [-0.2, -0.15) is 0 Å². The lowest BCUT2D eigenvalue weighted by atomic mass is 10.1. The minimum Gasteiger partial charge on any atom is -0.490 e. The van der Waals surface area contributed by atoms with E-state index in [4.69, 9.17) is 4.74 Å². The lowest BCUT2D eigenvalue weighted by Crippen LogP contribution is -2.05. The molecule has 0 bridgehead atoms. The number of rotatable bonds is 2. The monoisotopic (exact) mass is 138 g/mol. The van der Waals surface area contributed by atoms with E-state index >= 15 is 0 Å². The van der Waals surface area contributed by atoms with Gasteiger partial charge in [-0.05, 0) is 25.5 Å². The van der Waals surface area contributed by atoms with Gasteiger partial charge in [-0.1, -0.05) is 6.08 Å². The normalized spacial score (nSPS) is 16.9. The third kappa shape index (κ3) is 1.47. The second kappa shape index (κ2) is 3.20. The van der Waals surface area contributed by atoms with Gasteiger partial charge in [0, 0.05) is 0 Å². The molecule has 0 aromatic rings. The van der Waals surface area contributed by atoms with Gasteiger partial charge in [-0.3, -0.25) is 4.79 Å². The summed E-state index contributed by atoms with van der Waals surface area (Å²) in [6, 6.07) is 0. The number of hydrogen-bond acceptors (Lipinski definition) is 2. The Morgan fingerprint density at radius 3 is 3.10 bits per heavy atom. The zero-order valence-corrected chi connectivity index (χ0v) is 5.96. The zero-order chi connectivity index (χ0) is 7.40. The number of carbonyl (C=O) groups excluding carboxylic acids is 1. The first-order valence-corrected chi connectivity index (χ1v) is 3.38. The second-order valence-corrected chi connectivity index (χ2v) is 2.00. The van der Waals surface area contributed by atoms with Crippen LogP contribution in [0, 0.1) is 0 Å². The molecule has 10 heavy (non-hydrogen) atoms. The van der Waals surface area contributed by atoms with E-state index in [1.165, 1.54) is 0 Å². The molecule has 0 aromatic heterocycles. The summed E-state index contributed by atoms with van der Waals surface area (Å²) in [5, 5.41) is 0. The lowest BCUT2D eigenvalue weighted by molar-refractivity contribution is -0.114. The van der Waals surface area contributed by atoms with Gasteiger partial charge >= 0.3 is 0 Å². The molecule has 0 atom stereocenters. The van der Waals surface area contributed by atoms with E-state index in [1.54, 1.807) is 12.2 Å². The molecule has 0 aliphatic heterocycles. The molecule has 1 aliphatic rings. The molecule has 0 amide bonds. The third-order valence-corrected chi connectivity index (χ3v) is 1.25. The highest BCUT2D eigenvalue weighted by Crippen LogP contribution is 2.07. The second-order valence-electron chi connectivity index (χ2n) is 2.00. The van der Waals surface area contributed by atoms with Crippen LogP contribution in [0.4, 0.5) is 0 Å². The van der Waals surface area contributed by atoms with Crippen LogP contribution in [0.25, 0.3) is 0 Å². The fourth-order valence-electron chi connectivity index (χ4n) is 0.818. The Kier molecular flexibility index (Phi) is 2.26. The molecule has 0 N–H and O–H groups in total. The maximum absolute atomic E-state index is 10.9. The fraction of sp³-hybridized carbons (Fsp3) is 0.375. The van der Waals surface area contributed by atoms with Crippen LogP contribution in [0.2, 0.25) is 0 Å². The van der Waals surface area contributed by atoms with Crippen molar-refractivity contribution in [2.45, 2.75) is 13.3 Å². The third-order valence-electron chi connectivity index (χ3n) is 1.25.